The van der Waals surface area contributed by atoms with Crippen molar-refractivity contribution in [3.8, 4) is 5.75 Å². The zero-order valence-corrected chi connectivity index (χ0v) is 16.8. The molecule has 11 nitrogen and oxygen atoms in total. The normalized spacial score (nSPS) is 13.0. The SMILES string of the molecule is CCN(CC)[N+]([O-])=NC(=O)C(Oc1ccc(F)cc1)C(=O)N=[N+]([O-])N(CC)CC. The molecule has 0 N–H and O–H groups in total. The number of rotatable bonds is 10. The molecule has 0 radical (unpaired) electrons. The van der Waals surface area contributed by atoms with Gasteiger partial charge in [0, 0.05) is 9.94 Å². The smallest absolute Gasteiger partial charge is 0.363 e. The molecule has 0 saturated carbocycles. The number of benzene rings is 1. The fraction of sp³-hybridized carbons (Fsp3) is 0.529. The third-order valence-corrected chi connectivity index (χ3v) is 3.83. The highest BCUT2D eigenvalue weighted by Crippen LogP contribution is 2.15. The predicted molar refractivity (Wildman–Crippen MR) is 98.8 cm³/mol. The van der Waals surface area contributed by atoms with Crippen LogP contribution in [0.2, 0.25) is 0 Å². The number of carbonyl (C=O) groups excluding carboxylic acids is 2. The number of halogens is 1. The second-order valence-electron chi connectivity index (χ2n) is 5.61. The summed E-state index contributed by atoms with van der Waals surface area (Å²) in [4.78, 5) is 25.0. The minimum atomic E-state index is -1.99. The van der Waals surface area contributed by atoms with Gasteiger partial charge in [-0.05, 0) is 52.0 Å². The molecule has 1 aromatic rings. The number of ether oxygens (including phenoxy) is 1. The van der Waals surface area contributed by atoms with Gasteiger partial charge < -0.3 is 15.2 Å². The lowest BCUT2D eigenvalue weighted by Crippen LogP contribution is -2.39. The van der Waals surface area contributed by atoms with Gasteiger partial charge in [-0.25, -0.2) is 4.39 Å². The van der Waals surface area contributed by atoms with Gasteiger partial charge in [-0.3, -0.25) is 9.59 Å². The summed E-state index contributed by atoms with van der Waals surface area (Å²) >= 11 is 0. The number of hydrazine groups is 2. The number of carbonyl (C=O) groups is 2. The molecule has 0 fully saturated rings. The van der Waals surface area contributed by atoms with E-state index in [0.717, 1.165) is 12.1 Å². The molecule has 160 valence electrons. The van der Waals surface area contributed by atoms with Crippen LogP contribution in [0.25, 0.3) is 0 Å². The van der Waals surface area contributed by atoms with E-state index in [2.05, 4.69) is 10.2 Å². The highest BCUT2D eigenvalue weighted by molar-refractivity contribution is 6.03. The molecule has 2 amide bonds. The lowest BCUT2D eigenvalue weighted by Gasteiger charge is -2.16. The quantitative estimate of drug-likeness (QED) is 0.249. The minimum Gasteiger partial charge on any atom is -0.571 e. The number of hydrogen-bond donors (Lipinski definition) is 0. The predicted octanol–water partition coefficient (Wildman–Crippen LogP) is 2.06. The van der Waals surface area contributed by atoms with Crippen molar-refractivity contribution in [1.29, 1.82) is 0 Å². The molecule has 12 heteroatoms. The van der Waals surface area contributed by atoms with Gasteiger partial charge in [0.05, 0.1) is 36.4 Å². The minimum absolute atomic E-state index is 0.0379. The highest BCUT2D eigenvalue weighted by atomic mass is 19.1. The van der Waals surface area contributed by atoms with Gasteiger partial charge in [0.1, 0.15) is 11.6 Å². The second kappa shape index (κ2) is 11.5. The Kier molecular flexibility index (Phi) is 9.42. The van der Waals surface area contributed by atoms with E-state index in [1.807, 2.05) is 0 Å². The van der Waals surface area contributed by atoms with Crippen LogP contribution in [0.3, 0.4) is 0 Å². The fourth-order valence-corrected chi connectivity index (χ4v) is 2.19. The standard InChI is InChI=1S/C17H25FN6O5/c1-5-21(6-2)23(27)19-16(25)15(29-14-11-9-13(18)10-12-14)17(26)20-24(28)22(7-3)8-4/h9-12,15H,5-8H2,1-4H3. The molecule has 0 spiro atoms. The van der Waals surface area contributed by atoms with Gasteiger partial charge >= 0.3 is 11.8 Å². The Morgan fingerprint density at radius 3 is 1.66 bits per heavy atom. The fourth-order valence-electron chi connectivity index (χ4n) is 2.19. The third-order valence-electron chi connectivity index (χ3n) is 3.83. The van der Waals surface area contributed by atoms with Crippen molar-refractivity contribution < 1.29 is 28.7 Å². The maximum absolute atomic E-state index is 13.1. The second-order valence-corrected chi connectivity index (χ2v) is 5.61. The summed E-state index contributed by atoms with van der Waals surface area (Å²) in [6, 6.07) is 4.48. The highest BCUT2D eigenvalue weighted by Gasteiger charge is 2.35. The maximum atomic E-state index is 13.1. The van der Waals surface area contributed by atoms with Crippen LogP contribution < -0.4 is 4.74 Å². The van der Waals surface area contributed by atoms with Crippen LogP contribution in [0, 0.1) is 16.2 Å². The molecule has 0 unspecified atom stereocenters. The summed E-state index contributed by atoms with van der Waals surface area (Å²) in [5, 5.41) is 32.9. The van der Waals surface area contributed by atoms with Gasteiger partial charge in [0.15, 0.2) is 0 Å². The topological polar surface area (TPSA) is 127 Å². The van der Waals surface area contributed by atoms with Crippen LogP contribution in [0.4, 0.5) is 4.39 Å². The Morgan fingerprint density at radius 2 is 1.31 bits per heavy atom. The van der Waals surface area contributed by atoms with Crippen LogP contribution in [0.5, 0.6) is 5.75 Å². The van der Waals surface area contributed by atoms with E-state index in [1.54, 1.807) is 27.7 Å². The van der Waals surface area contributed by atoms with Gasteiger partial charge in [-0.2, -0.15) is 0 Å². The van der Waals surface area contributed by atoms with Gasteiger partial charge in [-0.1, -0.05) is 0 Å². The van der Waals surface area contributed by atoms with E-state index in [9.17, 15) is 24.4 Å². The van der Waals surface area contributed by atoms with Crippen LogP contribution in [-0.4, -0.2) is 64.1 Å². The monoisotopic (exact) mass is 412 g/mol. The molecule has 0 aromatic heterocycles. The van der Waals surface area contributed by atoms with E-state index in [1.165, 1.54) is 22.2 Å². The van der Waals surface area contributed by atoms with Gasteiger partial charge in [0.2, 0.25) is 0 Å². The Bertz CT molecular complexity index is 707. The van der Waals surface area contributed by atoms with Crippen molar-refractivity contribution >= 4 is 11.8 Å². The summed E-state index contributed by atoms with van der Waals surface area (Å²) in [5.74, 6) is -3.10. The zero-order valence-electron chi connectivity index (χ0n) is 16.8. The summed E-state index contributed by atoms with van der Waals surface area (Å²) in [6.45, 7) is 7.82. The van der Waals surface area contributed by atoms with Crippen LogP contribution in [-0.2, 0) is 9.59 Å². The van der Waals surface area contributed by atoms with E-state index < -0.39 is 23.7 Å². The molecule has 0 aliphatic rings. The van der Waals surface area contributed by atoms with Crippen molar-refractivity contribution in [2.45, 2.75) is 33.8 Å². The van der Waals surface area contributed by atoms with Gasteiger partial charge in [-0.15, -0.1) is 10.0 Å². The Morgan fingerprint density at radius 1 is 0.931 bits per heavy atom. The molecule has 0 atom stereocenters. The Labute approximate surface area is 167 Å². The van der Waals surface area contributed by atoms with Crippen molar-refractivity contribution in [3.63, 3.8) is 0 Å². The van der Waals surface area contributed by atoms with E-state index in [-0.39, 0.29) is 41.9 Å². The average molecular weight is 412 g/mol. The molecule has 29 heavy (non-hydrogen) atoms. The van der Waals surface area contributed by atoms with E-state index in [4.69, 9.17) is 4.74 Å². The molecule has 0 aliphatic carbocycles. The summed E-state index contributed by atoms with van der Waals surface area (Å²) in [7, 11) is 0. The van der Waals surface area contributed by atoms with Crippen LogP contribution >= 0.6 is 0 Å². The zero-order chi connectivity index (χ0) is 22.0. The molecular formula is C17H25FN6O5. The summed E-state index contributed by atoms with van der Waals surface area (Å²) in [5.41, 5.74) is 0. The Hall–Kier alpha value is -3.31. The molecular weight excluding hydrogens is 387 g/mol. The van der Waals surface area contributed by atoms with Crippen molar-refractivity contribution in [3.05, 3.63) is 40.5 Å². The summed E-state index contributed by atoms with van der Waals surface area (Å²) < 4.78 is 18.4. The first-order valence-corrected chi connectivity index (χ1v) is 9.14. The van der Waals surface area contributed by atoms with Crippen molar-refractivity contribution in [2.24, 2.45) is 10.2 Å². The third kappa shape index (κ3) is 6.97. The number of hydrogen-bond acceptors (Lipinski definition) is 5. The lowest BCUT2D eigenvalue weighted by molar-refractivity contribution is -0.688. The van der Waals surface area contributed by atoms with Crippen molar-refractivity contribution in [1.82, 2.24) is 10.0 Å². The summed E-state index contributed by atoms with van der Waals surface area (Å²) in [6.07, 6.45) is -1.99. The molecule has 0 heterocycles. The largest absolute Gasteiger partial charge is 0.571 e. The number of nitrogens with zero attached hydrogens (tertiary/aromatic N) is 6. The van der Waals surface area contributed by atoms with Gasteiger partial charge in [0.25, 0.3) is 6.10 Å². The van der Waals surface area contributed by atoms with Crippen LogP contribution in [0.1, 0.15) is 27.7 Å². The Balaban J connectivity index is 3.21. The molecule has 0 saturated heterocycles. The molecule has 1 rings (SSSR count). The van der Waals surface area contributed by atoms with Crippen molar-refractivity contribution in [2.75, 3.05) is 26.2 Å². The first kappa shape index (κ1) is 23.7. The maximum Gasteiger partial charge on any atom is 0.363 e. The molecule has 1 aromatic carbocycles. The van der Waals surface area contributed by atoms with E-state index in [0.29, 0.717) is 0 Å². The lowest BCUT2D eigenvalue weighted by atomic mass is 10.3. The first-order valence-electron chi connectivity index (χ1n) is 9.14. The van der Waals surface area contributed by atoms with E-state index >= 15 is 0 Å². The molecule has 0 bridgehead atoms. The number of amides is 2. The average Bonchev–Trinajstić information content (AvgIpc) is 2.69. The molecule has 0 aliphatic heterocycles. The first-order chi connectivity index (χ1) is 13.8. The van der Waals surface area contributed by atoms with Crippen LogP contribution in [0.15, 0.2) is 34.5 Å².